The molecule has 2 N–H and O–H groups in total. The molecule has 0 aromatic heterocycles. The number of methoxy groups -OCH3 is 1. The van der Waals surface area contributed by atoms with Crippen molar-refractivity contribution in [2.24, 2.45) is 5.92 Å². The van der Waals surface area contributed by atoms with Gasteiger partial charge in [-0.15, -0.1) is 0 Å². The molecule has 1 saturated heterocycles. The summed E-state index contributed by atoms with van der Waals surface area (Å²) in [5, 5.41) is 5.80. The molecule has 2 aromatic carbocycles. The quantitative estimate of drug-likeness (QED) is 0.641. The molecule has 0 spiro atoms. The first-order chi connectivity index (χ1) is 15.7. The number of nitrogens with zero attached hydrogens (tertiary/aromatic N) is 2. The van der Waals surface area contributed by atoms with E-state index >= 15 is 0 Å². The van der Waals surface area contributed by atoms with E-state index in [1.54, 1.807) is 24.1 Å². The van der Waals surface area contributed by atoms with Crippen molar-refractivity contribution in [3.05, 3.63) is 54.1 Å². The number of carbonyl (C=O) groups excluding carboxylic acids is 2. The summed E-state index contributed by atoms with van der Waals surface area (Å²) in [5.74, 6) is 0.619. The van der Waals surface area contributed by atoms with Crippen LogP contribution < -0.4 is 15.4 Å². The number of carbonyl (C=O) groups is 2. The van der Waals surface area contributed by atoms with Crippen LogP contribution in [0.2, 0.25) is 0 Å². The second kappa shape index (κ2) is 10.7. The summed E-state index contributed by atoms with van der Waals surface area (Å²) in [6.07, 6.45) is 1.55. The van der Waals surface area contributed by atoms with E-state index in [0.29, 0.717) is 36.6 Å². The van der Waals surface area contributed by atoms with Crippen LogP contribution in [-0.2, 0) is 10.0 Å². The van der Waals surface area contributed by atoms with E-state index in [-0.39, 0.29) is 22.8 Å². The number of hydrogen-bond acceptors (Lipinski definition) is 5. The zero-order chi connectivity index (χ0) is 24.0. The van der Waals surface area contributed by atoms with Crippen LogP contribution in [0.1, 0.15) is 23.2 Å². The Morgan fingerprint density at radius 2 is 1.70 bits per heavy atom. The Kier molecular flexibility index (Phi) is 7.93. The Bertz CT molecular complexity index is 1080. The fourth-order valence-electron chi connectivity index (χ4n) is 3.61. The third kappa shape index (κ3) is 6.02. The molecule has 10 heteroatoms. The van der Waals surface area contributed by atoms with Crippen molar-refractivity contribution in [1.29, 1.82) is 0 Å². The minimum Gasteiger partial charge on any atom is -0.495 e. The van der Waals surface area contributed by atoms with Gasteiger partial charge in [-0.2, -0.15) is 0 Å². The molecule has 9 nitrogen and oxygen atoms in total. The van der Waals surface area contributed by atoms with Crippen molar-refractivity contribution >= 4 is 27.6 Å². The molecule has 0 unspecified atom stereocenters. The largest absolute Gasteiger partial charge is 0.495 e. The third-order valence-corrected chi connectivity index (χ3v) is 7.53. The molecule has 3 amide bonds. The molecule has 1 heterocycles. The standard InChI is InChI=1S/C23H30N4O5S/c1-26(2)33(30,31)19-10-8-18(9-11-19)22(28)24-16-17-12-14-27(15-13-17)23(29)25-20-6-4-5-7-21(20)32-3/h4-11,17H,12-16H2,1-3H3,(H,24,28)(H,25,29). The smallest absolute Gasteiger partial charge is 0.321 e. The number of rotatable bonds is 7. The Morgan fingerprint density at radius 1 is 1.06 bits per heavy atom. The van der Waals surface area contributed by atoms with Gasteiger partial charge in [0.2, 0.25) is 10.0 Å². The van der Waals surface area contributed by atoms with Crippen LogP contribution in [0.15, 0.2) is 53.4 Å². The van der Waals surface area contributed by atoms with Crippen molar-refractivity contribution < 1.29 is 22.7 Å². The van der Waals surface area contributed by atoms with Gasteiger partial charge >= 0.3 is 6.03 Å². The first kappa shape index (κ1) is 24.5. The molecule has 33 heavy (non-hydrogen) atoms. The highest BCUT2D eigenvalue weighted by molar-refractivity contribution is 7.89. The zero-order valence-electron chi connectivity index (χ0n) is 19.1. The highest BCUT2D eigenvalue weighted by Gasteiger charge is 2.24. The summed E-state index contributed by atoms with van der Waals surface area (Å²) in [4.78, 5) is 26.9. The van der Waals surface area contributed by atoms with Gasteiger partial charge in [0.25, 0.3) is 5.91 Å². The third-order valence-electron chi connectivity index (χ3n) is 5.70. The fraction of sp³-hybridized carbons (Fsp3) is 0.391. The van der Waals surface area contributed by atoms with Crippen molar-refractivity contribution in [1.82, 2.24) is 14.5 Å². The molecular weight excluding hydrogens is 444 g/mol. The number of likely N-dealkylation sites (tertiary alicyclic amines) is 1. The van der Waals surface area contributed by atoms with Crippen molar-refractivity contribution in [3.63, 3.8) is 0 Å². The monoisotopic (exact) mass is 474 g/mol. The molecule has 0 aliphatic carbocycles. The van der Waals surface area contributed by atoms with Gasteiger partial charge in [0.05, 0.1) is 17.7 Å². The molecule has 178 valence electrons. The predicted molar refractivity (Wildman–Crippen MR) is 126 cm³/mol. The Balaban J connectivity index is 1.46. The Morgan fingerprint density at radius 3 is 2.30 bits per heavy atom. The van der Waals surface area contributed by atoms with Crippen LogP contribution in [0.3, 0.4) is 0 Å². The topological polar surface area (TPSA) is 108 Å². The fourth-order valence-corrected chi connectivity index (χ4v) is 4.51. The minimum atomic E-state index is -3.53. The van der Waals surface area contributed by atoms with Crippen LogP contribution in [0.5, 0.6) is 5.75 Å². The van der Waals surface area contributed by atoms with Crippen LogP contribution >= 0.6 is 0 Å². The van der Waals surface area contributed by atoms with Crippen LogP contribution in [0.4, 0.5) is 10.5 Å². The molecule has 1 aliphatic heterocycles. The van der Waals surface area contributed by atoms with Gasteiger partial charge in [-0.05, 0) is 55.2 Å². The maximum absolute atomic E-state index is 12.6. The summed E-state index contributed by atoms with van der Waals surface area (Å²) in [6, 6.07) is 13.0. The number of piperidine rings is 1. The molecule has 0 saturated carbocycles. The lowest BCUT2D eigenvalue weighted by Gasteiger charge is -2.32. The highest BCUT2D eigenvalue weighted by atomic mass is 32.2. The molecule has 1 fully saturated rings. The number of amides is 3. The lowest BCUT2D eigenvalue weighted by atomic mass is 9.97. The average molecular weight is 475 g/mol. The number of urea groups is 1. The van der Waals surface area contributed by atoms with Crippen LogP contribution in [-0.4, -0.2) is 70.4 Å². The summed E-state index contributed by atoms with van der Waals surface area (Å²) in [5.41, 5.74) is 1.03. The molecular formula is C23H30N4O5S. The first-order valence-electron chi connectivity index (χ1n) is 10.7. The lowest BCUT2D eigenvalue weighted by molar-refractivity contribution is 0.0938. The van der Waals surface area contributed by atoms with Gasteiger partial charge < -0.3 is 20.3 Å². The second-order valence-corrected chi connectivity index (χ2v) is 10.2. The van der Waals surface area contributed by atoms with Gasteiger partial charge in [0.1, 0.15) is 5.75 Å². The van der Waals surface area contributed by atoms with Gasteiger partial charge in [-0.25, -0.2) is 17.5 Å². The Hall–Kier alpha value is -3.11. The van der Waals surface area contributed by atoms with Gasteiger partial charge in [0.15, 0.2) is 0 Å². The van der Waals surface area contributed by atoms with E-state index in [1.165, 1.54) is 38.4 Å². The summed E-state index contributed by atoms with van der Waals surface area (Å²) in [7, 11) is 0.956. The van der Waals surface area contributed by atoms with Crippen molar-refractivity contribution in [2.45, 2.75) is 17.7 Å². The Labute approximate surface area is 194 Å². The summed E-state index contributed by atoms with van der Waals surface area (Å²) >= 11 is 0. The number of sulfonamides is 1. The zero-order valence-corrected chi connectivity index (χ0v) is 19.9. The number of anilines is 1. The first-order valence-corrected chi connectivity index (χ1v) is 12.2. The molecule has 3 rings (SSSR count). The number of ether oxygens (including phenoxy) is 1. The SMILES string of the molecule is COc1ccccc1NC(=O)N1CCC(CNC(=O)c2ccc(S(=O)(=O)N(C)C)cc2)CC1. The average Bonchev–Trinajstić information content (AvgIpc) is 2.83. The minimum absolute atomic E-state index is 0.142. The summed E-state index contributed by atoms with van der Waals surface area (Å²) in [6.45, 7) is 1.69. The molecule has 1 aliphatic rings. The van der Waals surface area contributed by atoms with Gasteiger partial charge in [-0.1, -0.05) is 12.1 Å². The summed E-state index contributed by atoms with van der Waals surface area (Å²) < 4.78 is 30.7. The van der Waals surface area contributed by atoms with Gasteiger partial charge in [0, 0.05) is 39.3 Å². The van der Waals surface area contributed by atoms with E-state index in [9.17, 15) is 18.0 Å². The molecule has 0 bridgehead atoms. The number of hydrogen-bond donors (Lipinski definition) is 2. The number of para-hydroxylation sites is 2. The van der Waals surface area contributed by atoms with E-state index in [0.717, 1.165) is 17.1 Å². The molecule has 0 atom stereocenters. The van der Waals surface area contributed by atoms with Crippen molar-refractivity contribution in [3.8, 4) is 5.75 Å². The molecule has 0 radical (unpaired) electrons. The normalized spacial score (nSPS) is 14.7. The second-order valence-electron chi connectivity index (χ2n) is 8.08. The van der Waals surface area contributed by atoms with Crippen LogP contribution in [0, 0.1) is 5.92 Å². The van der Waals surface area contributed by atoms with E-state index in [2.05, 4.69) is 10.6 Å². The number of benzene rings is 2. The van der Waals surface area contributed by atoms with Gasteiger partial charge in [-0.3, -0.25) is 4.79 Å². The number of nitrogens with one attached hydrogen (secondary N) is 2. The maximum Gasteiger partial charge on any atom is 0.321 e. The highest BCUT2D eigenvalue weighted by Crippen LogP contribution is 2.24. The van der Waals surface area contributed by atoms with Crippen LogP contribution in [0.25, 0.3) is 0 Å². The lowest BCUT2D eigenvalue weighted by Crippen LogP contribution is -2.43. The maximum atomic E-state index is 12.6. The van der Waals surface area contributed by atoms with E-state index in [1.807, 2.05) is 12.1 Å². The molecule has 2 aromatic rings. The van der Waals surface area contributed by atoms with E-state index < -0.39 is 10.0 Å². The predicted octanol–water partition coefficient (Wildman–Crippen LogP) is 2.62. The van der Waals surface area contributed by atoms with E-state index in [4.69, 9.17) is 4.74 Å². The van der Waals surface area contributed by atoms with Crippen molar-refractivity contribution in [2.75, 3.05) is 46.2 Å².